The molecule has 6 nitrogen and oxygen atoms in total. The zero-order valence-corrected chi connectivity index (χ0v) is 11.5. The highest BCUT2D eigenvalue weighted by Crippen LogP contribution is 2.09. The first kappa shape index (κ1) is 15.7. The van der Waals surface area contributed by atoms with Crippen LogP contribution in [0.25, 0.3) is 0 Å². The lowest BCUT2D eigenvalue weighted by atomic mass is 10.0. The molecule has 0 unspecified atom stereocenters. The van der Waals surface area contributed by atoms with Gasteiger partial charge in [0.2, 0.25) is 6.41 Å². The molecule has 0 aliphatic carbocycles. The molecular weight excluding hydrogens is 244 g/mol. The Bertz CT molecular complexity index is 323. The predicted octanol–water partition coefficient (Wildman–Crippen LogP) is -0.782. The second-order valence-electron chi connectivity index (χ2n) is 4.90. The number of piperidine rings is 1. The van der Waals surface area contributed by atoms with E-state index in [1.165, 1.54) is 13.0 Å². The maximum atomic E-state index is 10.9. The number of nitrogens with two attached hydrogens (primary N) is 1. The SMILES string of the molecule is CC(=O)C=C(N)CNC1CCN(CCNC=O)CC1. The fraction of sp³-hybridized carbons (Fsp3) is 0.692. The third-order valence-corrected chi connectivity index (χ3v) is 3.23. The Kier molecular flexibility index (Phi) is 7.14. The first-order valence-electron chi connectivity index (χ1n) is 6.71. The Morgan fingerprint density at radius 2 is 2.11 bits per heavy atom. The molecule has 0 aromatic carbocycles. The highest BCUT2D eigenvalue weighted by molar-refractivity contribution is 5.87. The summed E-state index contributed by atoms with van der Waals surface area (Å²) in [7, 11) is 0. The summed E-state index contributed by atoms with van der Waals surface area (Å²) in [5, 5.41) is 6.04. The molecular formula is C13H24N4O2. The van der Waals surface area contributed by atoms with Gasteiger partial charge in [0.25, 0.3) is 0 Å². The molecule has 1 aliphatic heterocycles. The number of likely N-dealkylation sites (tertiary alicyclic amines) is 1. The number of ketones is 1. The Balaban J connectivity index is 2.16. The lowest BCUT2D eigenvalue weighted by molar-refractivity contribution is -0.112. The number of amides is 1. The van der Waals surface area contributed by atoms with Gasteiger partial charge in [-0.1, -0.05) is 0 Å². The summed E-state index contributed by atoms with van der Waals surface area (Å²) >= 11 is 0. The van der Waals surface area contributed by atoms with Crippen LogP contribution < -0.4 is 16.4 Å². The van der Waals surface area contributed by atoms with Crippen molar-refractivity contribution >= 4 is 12.2 Å². The number of nitrogens with one attached hydrogen (secondary N) is 2. The van der Waals surface area contributed by atoms with Crippen molar-refractivity contribution < 1.29 is 9.59 Å². The third kappa shape index (κ3) is 6.93. The summed E-state index contributed by atoms with van der Waals surface area (Å²) in [6, 6.07) is 0.453. The molecule has 1 aliphatic rings. The second kappa shape index (κ2) is 8.66. The number of hydrogen-bond acceptors (Lipinski definition) is 5. The zero-order valence-electron chi connectivity index (χ0n) is 11.5. The Morgan fingerprint density at radius 3 is 2.68 bits per heavy atom. The summed E-state index contributed by atoms with van der Waals surface area (Å²) in [6.07, 6.45) is 4.33. The molecule has 6 heteroatoms. The topological polar surface area (TPSA) is 87.5 Å². The Morgan fingerprint density at radius 1 is 1.42 bits per heavy atom. The van der Waals surface area contributed by atoms with Gasteiger partial charge < -0.3 is 21.3 Å². The molecule has 0 saturated carbocycles. The highest BCUT2D eigenvalue weighted by Gasteiger charge is 2.18. The Labute approximate surface area is 114 Å². The van der Waals surface area contributed by atoms with E-state index in [1.54, 1.807) is 0 Å². The summed E-state index contributed by atoms with van der Waals surface area (Å²) in [5.74, 6) is -0.0169. The number of hydrogen-bond donors (Lipinski definition) is 3. The lowest BCUT2D eigenvalue weighted by Crippen LogP contribution is -2.45. The molecule has 0 aromatic heterocycles. The van der Waals surface area contributed by atoms with Gasteiger partial charge in [0.1, 0.15) is 0 Å². The van der Waals surface area contributed by atoms with Crippen LogP contribution in [0.2, 0.25) is 0 Å². The fourth-order valence-corrected chi connectivity index (χ4v) is 2.22. The molecule has 1 fully saturated rings. The van der Waals surface area contributed by atoms with Crippen molar-refractivity contribution in [3.8, 4) is 0 Å². The van der Waals surface area contributed by atoms with Crippen LogP contribution in [0.4, 0.5) is 0 Å². The van der Waals surface area contributed by atoms with Crippen LogP contribution >= 0.6 is 0 Å². The molecule has 0 spiro atoms. The van der Waals surface area contributed by atoms with Crippen molar-refractivity contribution in [2.75, 3.05) is 32.7 Å². The lowest BCUT2D eigenvalue weighted by Gasteiger charge is -2.32. The minimum absolute atomic E-state index is 0.0169. The van der Waals surface area contributed by atoms with Crippen LogP contribution in [0.5, 0.6) is 0 Å². The minimum atomic E-state index is -0.0169. The molecule has 108 valence electrons. The Hall–Kier alpha value is -1.40. The van der Waals surface area contributed by atoms with Crippen molar-refractivity contribution in [1.82, 2.24) is 15.5 Å². The van der Waals surface area contributed by atoms with Gasteiger partial charge in [0, 0.05) is 37.4 Å². The van der Waals surface area contributed by atoms with E-state index in [-0.39, 0.29) is 5.78 Å². The van der Waals surface area contributed by atoms with Crippen LogP contribution in [0.1, 0.15) is 19.8 Å². The van der Waals surface area contributed by atoms with E-state index in [0.717, 1.165) is 38.9 Å². The van der Waals surface area contributed by atoms with Crippen LogP contribution in [0, 0.1) is 0 Å². The zero-order chi connectivity index (χ0) is 14.1. The van der Waals surface area contributed by atoms with Gasteiger partial charge in [-0.25, -0.2) is 0 Å². The summed E-state index contributed by atoms with van der Waals surface area (Å²) < 4.78 is 0. The van der Waals surface area contributed by atoms with Crippen molar-refractivity contribution in [3.63, 3.8) is 0 Å². The fourth-order valence-electron chi connectivity index (χ4n) is 2.22. The average molecular weight is 268 g/mol. The van der Waals surface area contributed by atoms with E-state index in [4.69, 9.17) is 5.73 Å². The molecule has 0 aromatic rings. The monoisotopic (exact) mass is 268 g/mol. The van der Waals surface area contributed by atoms with Gasteiger partial charge in [-0.3, -0.25) is 9.59 Å². The maximum Gasteiger partial charge on any atom is 0.207 e. The van der Waals surface area contributed by atoms with E-state index in [1.807, 2.05) is 0 Å². The molecule has 0 radical (unpaired) electrons. The van der Waals surface area contributed by atoms with Crippen molar-refractivity contribution in [3.05, 3.63) is 11.8 Å². The van der Waals surface area contributed by atoms with Gasteiger partial charge >= 0.3 is 0 Å². The number of carbonyl (C=O) groups is 2. The van der Waals surface area contributed by atoms with E-state index in [2.05, 4.69) is 15.5 Å². The minimum Gasteiger partial charge on any atom is -0.401 e. The van der Waals surface area contributed by atoms with Crippen LogP contribution in [-0.4, -0.2) is 55.9 Å². The van der Waals surface area contributed by atoms with E-state index >= 15 is 0 Å². The predicted molar refractivity (Wildman–Crippen MR) is 74.5 cm³/mol. The highest BCUT2D eigenvalue weighted by atomic mass is 16.1. The average Bonchev–Trinajstić information content (AvgIpc) is 2.37. The molecule has 0 atom stereocenters. The second-order valence-corrected chi connectivity index (χ2v) is 4.90. The van der Waals surface area contributed by atoms with Crippen molar-refractivity contribution in [2.24, 2.45) is 5.73 Å². The largest absolute Gasteiger partial charge is 0.401 e. The quantitative estimate of drug-likeness (QED) is 0.305. The molecule has 1 heterocycles. The summed E-state index contributed by atoms with van der Waals surface area (Å²) in [6.45, 7) is 5.71. The van der Waals surface area contributed by atoms with E-state index < -0.39 is 0 Å². The molecule has 1 amide bonds. The van der Waals surface area contributed by atoms with Crippen molar-refractivity contribution in [1.29, 1.82) is 0 Å². The van der Waals surface area contributed by atoms with Crippen LogP contribution in [0.15, 0.2) is 11.8 Å². The van der Waals surface area contributed by atoms with E-state index in [9.17, 15) is 9.59 Å². The van der Waals surface area contributed by atoms with E-state index in [0.29, 0.717) is 24.8 Å². The van der Waals surface area contributed by atoms with Gasteiger partial charge in [-0.05, 0) is 32.9 Å². The normalized spacial score (nSPS) is 18.3. The van der Waals surface area contributed by atoms with Gasteiger partial charge in [0.05, 0.1) is 0 Å². The molecule has 0 bridgehead atoms. The maximum absolute atomic E-state index is 10.9. The van der Waals surface area contributed by atoms with Crippen LogP contribution in [-0.2, 0) is 9.59 Å². The first-order chi connectivity index (χ1) is 9.11. The van der Waals surface area contributed by atoms with Gasteiger partial charge in [-0.15, -0.1) is 0 Å². The smallest absolute Gasteiger partial charge is 0.207 e. The molecule has 19 heavy (non-hydrogen) atoms. The van der Waals surface area contributed by atoms with Gasteiger partial charge in [-0.2, -0.15) is 0 Å². The van der Waals surface area contributed by atoms with Gasteiger partial charge in [0.15, 0.2) is 5.78 Å². The standard InChI is InChI=1S/C13H24N4O2/c1-11(19)8-12(14)9-16-13-2-5-17(6-3-13)7-4-15-10-18/h8,10,13,16H,2-7,9,14H2,1H3,(H,15,18). The van der Waals surface area contributed by atoms with Crippen LogP contribution in [0.3, 0.4) is 0 Å². The molecule has 4 N–H and O–H groups in total. The first-order valence-corrected chi connectivity index (χ1v) is 6.71. The van der Waals surface area contributed by atoms with Crippen molar-refractivity contribution in [2.45, 2.75) is 25.8 Å². The summed E-state index contributed by atoms with van der Waals surface area (Å²) in [5.41, 5.74) is 6.31. The molecule has 1 rings (SSSR count). The molecule has 1 saturated heterocycles. The number of nitrogens with zero attached hydrogens (tertiary/aromatic N) is 1. The number of carbonyl (C=O) groups excluding carboxylic acids is 2. The third-order valence-electron chi connectivity index (χ3n) is 3.23. The summed E-state index contributed by atoms with van der Waals surface area (Å²) in [4.78, 5) is 23.3. The number of rotatable bonds is 8. The number of allylic oxidation sites excluding steroid dienone is 1.